The number of unbranched alkanes of at least 4 members (excludes halogenated alkanes) is 8. The Bertz CT molecular complexity index is 813. The van der Waals surface area contributed by atoms with Gasteiger partial charge < -0.3 is 28.6 Å². The number of carbonyl (C=O) groups is 3. The van der Waals surface area contributed by atoms with Crippen LogP contribution in [0.3, 0.4) is 0 Å². The van der Waals surface area contributed by atoms with Crippen molar-refractivity contribution in [2.24, 2.45) is 0 Å². The van der Waals surface area contributed by atoms with Crippen LogP contribution in [0.1, 0.15) is 117 Å². The third-order valence-electron chi connectivity index (χ3n) is 7.04. The lowest BCUT2D eigenvalue weighted by Crippen LogP contribution is -2.55. The highest BCUT2D eigenvalue weighted by atomic mass is 16.6. The third-order valence-corrected chi connectivity index (χ3v) is 7.04. The Morgan fingerprint density at radius 3 is 1.93 bits per heavy atom. The predicted molar refractivity (Wildman–Crippen MR) is 171 cm³/mol. The Balaban J connectivity index is 4.52. The summed E-state index contributed by atoms with van der Waals surface area (Å²) in [7, 11) is 5.36. The summed E-state index contributed by atoms with van der Waals surface area (Å²) >= 11 is 0. The summed E-state index contributed by atoms with van der Waals surface area (Å²) in [5, 5.41) is 11.5. The Morgan fingerprint density at radius 2 is 1.30 bits per heavy atom. The van der Waals surface area contributed by atoms with E-state index in [-0.39, 0.29) is 49.1 Å². The van der Waals surface area contributed by atoms with E-state index < -0.39 is 18.1 Å². The number of quaternary nitrogens is 1. The maximum atomic E-state index is 12.5. The summed E-state index contributed by atoms with van der Waals surface area (Å²) < 4.78 is 16.9. The monoisotopic (exact) mass is 607 g/mol. The SMILES string of the molecule is CC/C=C\C/C=C\C/C=C\CCCCCC(=O)OC(COCCC(C(=O)[O-])[N+](C)(C)C)COC(=O)CCCCCCCC. The van der Waals surface area contributed by atoms with E-state index in [9.17, 15) is 19.5 Å². The topological polar surface area (TPSA) is 102 Å². The van der Waals surface area contributed by atoms with Gasteiger partial charge in [0.25, 0.3) is 0 Å². The molecule has 8 heteroatoms. The summed E-state index contributed by atoms with van der Waals surface area (Å²) in [5.74, 6) is -1.79. The van der Waals surface area contributed by atoms with Gasteiger partial charge in [-0.3, -0.25) is 9.59 Å². The van der Waals surface area contributed by atoms with Crippen LogP contribution in [-0.4, -0.2) is 75.5 Å². The van der Waals surface area contributed by atoms with E-state index in [1.807, 2.05) is 0 Å². The Morgan fingerprint density at radius 1 is 0.721 bits per heavy atom. The van der Waals surface area contributed by atoms with E-state index in [1.54, 1.807) is 21.1 Å². The molecule has 0 aromatic heterocycles. The first-order chi connectivity index (χ1) is 20.6. The van der Waals surface area contributed by atoms with Gasteiger partial charge in [0.05, 0.1) is 40.3 Å². The molecule has 0 aliphatic rings. The molecule has 248 valence electrons. The van der Waals surface area contributed by atoms with Gasteiger partial charge >= 0.3 is 11.9 Å². The van der Waals surface area contributed by atoms with Crippen molar-refractivity contribution in [3.8, 4) is 0 Å². The highest BCUT2D eigenvalue weighted by Crippen LogP contribution is 2.11. The molecule has 2 unspecified atom stereocenters. The maximum absolute atomic E-state index is 12.5. The zero-order valence-corrected chi connectivity index (χ0v) is 27.9. The zero-order chi connectivity index (χ0) is 32.2. The number of nitrogens with zero attached hydrogens (tertiary/aromatic N) is 1. The molecule has 43 heavy (non-hydrogen) atoms. The molecule has 8 nitrogen and oxygen atoms in total. The molecule has 0 saturated heterocycles. The molecule has 0 rings (SSSR count). The number of likely N-dealkylation sites (N-methyl/N-ethyl adjacent to an activating group) is 1. The van der Waals surface area contributed by atoms with Crippen LogP contribution in [0.2, 0.25) is 0 Å². The minimum atomic E-state index is -1.13. The van der Waals surface area contributed by atoms with E-state index in [2.05, 4.69) is 50.3 Å². The van der Waals surface area contributed by atoms with Crippen molar-refractivity contribution in [3.63, 3.8) is 0 Å². The predicted octanol–water partition coefficient (Wildman–Crippen LogP) is 6.23. The average Bonchev–Trinajstić information content (AvgIpc) is 2.94. The Hall–Kier alpha value is -2.45. The molecule has 0 heterocycles. The summed E-state index contributed by atoms with van der Waals surface area (Å²) in [6.45, 7) is 4.41. The van der Waals surface area contributed by atoms with Crippen LogP contribution in [0.25, 0.3) is 0 Å². The molecule has 2 atom stereocenters. The minimum absolute atomic E-state index is 0.0288. The van der Waals surface area contributed by atoms with E-state index >= 15 is 0 Å². The molecule has 0 fully saturated rings. The van der Waals surface area contributed by atoms with Gasteiger partial charge in [-0.25, -0.2) is 0 Å². The highest BCUT2D eigenvalue weighted by Gasteiger charge is 2.25. The first-order valence-electron chi connectivity index (χ1n) is 16.5. The van der Waals surface area contributed by atoms with Crippen LogP contribution in [0, 0.1) is 0 Å². The number of hydrogen-bond donors (Lipinski definition) is 0. The quantitative estimate of drug-likeness (QED) is 0.0450. The van der Waals surface area contributed by atoms with Gasteiger partial charge in [0, 0.05) is 19.3 Å². The lowest BCUT2D eigenvalue weighted by molar-refractivity contribution is -0.889. The van der Waals surface area contributed by atoms with Crippen LogP contribution in [-0.2, 0) is 28.6 Å². The second kappa shape index (κ2) is 27.1. The summed E-state index contributed by atoms with van der Waals surface area (Å²) in [5.41, 5.74) is 0. The number of ether oxygens (including phenoxy) is 3. The van der Waals surface area contributed by atoms with E-state index in [1.165, 1.54) is 19.3 Å². The Kier molecular flexibility index (Phi) is 25.6. The molecule has 0 saturated carbocycles. The average molecular weight is 608 g/mol. The number of hydrogen-bond acceptors (Lipinski definition) is 7. The number of aliphatic carboxylic acids is 1. The fourth-order valence-corrected chi connectivity index (χ4v) is 4.43. The third kappa shape index (κ3) is 25.7. The largest absolute Gasteiger partial charge is 0.544 e. The van der Waals surface area contributed by atoms with Crippen molar-refractivity contribution < 1.29 is 38.2 Å². The molecular weight excluding hydrogens is 546 g/mol. The number of carboxylic acid groups (broad SMARTS) is 1. The summed E-state index contributed by atoms with van der Waals surface area (Å²) in [4.78, 5) is 36.3. The molecule has 0 aromatic rings. The van der Waals surface area contributed by atoms with Crippen molar-refractivity contribution in [1.29, 1.82) is 0 Å². The fraction of sp³-hybridized carbons (Fsp3) is 0.743. The van der Waals surface area contributed by atoms with Crippen LogP contribution in [0.5, 0.6) is 0 Å². The molecule has 0 radical (unpaired) electrons. The lowest BCUT2D eigenvalue weighted by atomic mass is 10.1. The molecular formula is C35H61NO7. The number of esters is 2. The van der Waals surface area contributed by atoms with Gasteiger partial charge in [0.15, 0.2) is 6.10 Å². The molecule has 0 spiro atoms. The van der Waals surface area contributed by atoms with Crippen molar-refractivity contribution in [3.05, 3.63) is 36.5 Å². The van der Waals surface area contributed by atoms with Crippen molar-refractivity contribution in [1.82, 2.24) is 0 Å². The molecule has 0 aliphatic carbocycles. The van der Waals surface area contributed by atoms with Crippen molar-refractivity contribution in [2.75, 3.05) is 41.0 Å². The fourth-order valence-electron chi connectivity index (χ4n) is 4.43. The molecule has 0 aromatic carbocycles. The lowest BCUT2D eigenvalue weighted by Gasteiger charge is -2.34. The zero-order valence-electron chi connectivity index (χ0n) is 27.9. The highest BCUT2D eigenvalue weighted by molar-refractivity contribution is 5.70. The van der Waals surface area contributed by atoms with E-state index in [0.29, 0.717) is 6.42 Å². The van der Waals surface area contributed by atoms with Crippen LogP contribution >= 0.6 is 0 Å². The number of carbonyl (C=O) groups excluding carboxylic acids is 3. The van der Waals surface area contributed by atoms with E-state index in [4.69, 9.17) is 14.2 Å². The van der Waals surface area contributed by atoms with Crippen molar-refractivity contribution >= 4 is 17.9 Å². The van der Waals surface area contributed by atoms with Gasteiger partial charge in [-0.15, -0.1) is 0 Å². The molecule has 0 bridgehead atoms. The second-order valence-corrected chi connectivity index (χ2v) is 12.0. The first-order valence-corrected chi connectivity index (χ1v) is 16.5. The maximum Gasteiger partial charge on any atom is 0.306 e. The smallest absolute Gasteiger partial charge is 0.306 e. The normalized spacial score (nSPS) is 13.6. The van der Waals surface area contributed by atoms with Gasteiger partial charge in [-0.1, -0.05) is 88.8 Å². The molecule has 0 N–H and O–H groups in total. The summed E-state index contributed by atoms with van der Waals surface area (Å²) in [6, 6.07) is -0.726. The second-order valence-electron chi connectivity index (χ2n) is 12.0. The van der Waals surface area contributed by atoms with Crippen LogP contribution < -0.4 is 5.11 Å². The van der Waals surface area contributed by atoms with Crippen molar-refractivity contribution in [2.45, 2.75) is 129 Å². The minimum Gasteiger partial charge on any atom is -0.544 e. The molecule has 0 amide bonds. The van der Waals surface area contributed by atoms with Gasteiger partial charge in [-0.2, -0.15) is 0 Å². The van der Waals surface area contributed by atoms with Gasteiger partial charge in [-0.05, 0) is 44.9 Å². The standard InChI is InChI=1S/C35H61NO7/c1-6-8-10-12-14-15-16-17-18-19-20-22-24-26-34(38)43-31(29-41-28-27-32(35(39)40)36(3,4)5)30-42-33(37)25-23-21-13-11-9-7-2/h8,10,14-15,17-18,31-32H,6-7,9,11-13,16,19-30H2,1-5H3/b10-8-,15-14-,18-17-. The number of rotatable bonds is 28. The first kappa shape index (κ1) is 40.5. The summed E-state index contributed by atoms with van der Waals surface area (Å²) in [6.07, 6.45) is 26.2. The van der Waals surface area contributed by atoms with Gasteiger partial charge in [0.2, 0.25) is 0 Å². The number of carboxylic acids is 1. The molecule has 0 aliphatic heterocycles. The van der Waals surface area contributed by atoms with Crippen LogP contribution in [0.15, 0.2) is 36.5 Å². The Labute approximate surface area is 262 Å². The van der Waals surface area contributed by atoms with E-state index in [0.717, 1.165) is 64.2 Å². The number of allylic oxidation sites excluding steroid dienone is 6. The van der Waals surface area contributed by atoms with Gasteiger partial charge in [0.1, 0.15) is 12.6 Å². The van der Waals surface area contributed by atoms with Crippen LogP contribution in [0.4, 0.5) is 0 Å².